The van der Waals surface area contributed by atoms with E-state index in [1.807, 2.05) is 12.1 Å². The summed E-state index contributed by atoms with van der Waals surface area (Å²) in [5.41, 5.74) is 7.41. The molecule has 3 N–H and O–H groups in total. The predicted molar refractivity (Wildman–Crippen MR) is 78.2 cm³/mol. The van der Waals surface area contributed by atoms with Crippen LogP contribution in [0.1, 0.15) is 31.2 Å². The molecule has 0 aliphatic heterocycles. The number of nitrogens with one attached hydrogen (secondary N) is 1. The van der Waals surface area contributed by atoms with E-state index in [2.05, 4.69) is 5.32 Å². The number of hydrogen-bond acceptors (Lipinski definition) is 3. The number of rotatable bonds is 4. The fraction of sp³-hybridized carbons (Fsp3) is 0.562. The molecule has 0 spiro atoms. The minimum Gasteiger partial charge on any atom is -0.496 e. The van der Waals surface area contributed by atoms with Crippen molar-refractivity contribution in [2.24, 2.45) is 17.8 Å². The number of amides is 1. The van der Waals surface area contributed by atoms with Crippen LogP contribution in [0.3, 0.4) is 0 Å². The third-order valence-electron chi connectivity index (χ3n) is 4.72. The van der Waals surface area contributed by atoms with Crippen LogP contribution in [0.15, 0.2) is 18.2 Å². The van der Waals surface area contributed by atoms with Crippen molar-refractivity contribution < 1.29 is 9.53 Å². The van der Waals surface area contributed by atoms with Gasteiger partial charge in [0, 0.05) is 23.7 Å². The summed E-state index contributed by atoms with van der Waals surface area (Å²) in [6.07, 6.45) is 5.02. The molecule has 0 aromatic heterocycles. The maximum Gasteiger partial charge on any atom is 0.223 e. The highest BCUT2D eigenvalue weighted by atomic mass is 16.5. The molecule has 4 heteroatoms. The molecular weight excluding hydrogens is 252 g/mol. The lowest BCUT2D eigenvalue weighted by Gasteiger charge is -2.10. The molecule has 3 rings (SSSR count). The molecule has 0 radical (unpaired) electrons. The van der Waals surface area contributed by atoms with Gasteiger partial charge in [-0.3, -0.25) is 4.79 Å². The summed E-state index contributed by atoms with van der Waals surface area (Å²) in [5, 5.41) is 3.04. The van der Waals surface area contributed by atoms with Gasteiger partial charge in [-0.15, -0.1) is 0 Å². The Morgan fingerprint density at radius 1 is 1.35 bits per heavy atom. The van der Waals surface area contributed by atoms with Crippen molar-refractivity contribution in [1.29, 1.82) is 0 Å². The number of nitrogen functional groups attached to an aromatic ring is 1. The van der Waals surface area contributed by atoms with E-state index >= 15 is 0 Å². The molecule has 2 aliphatic rings. The van der Waals surface area contributed by atoms with Gasteiger partial charge in [0.15, 0.2) is 0 Å². The van der Waals surface area contributed by atoms with E-state index < -0.39 is 0 Å². The Balaban J connectivity index is 1.59. The van der Waals surface area contributed by atoms with E-state index in [0.717, 1.165) is 11.3 Å². The summed E-state index contributed by atoms with van der Waals surface area (Å²) >= 11 is 0. The smallest absolute Gasteiger partial charge is 0.223 e. The first-order valence-electron chi connectivity index (χ1n) is 7.41. The van der Waals surface area contributed by atoms with Crippen molar-refractivity contribution in [3.05, 3.63) is 23.8 Å². The van der Waals surface area contributed by atoms with Crippen LogP contribution in [-0.4, -0.2) is 13.0 Å². The standard InChI is InChI=1S/C16H22N2O2/c1-20-14-7-6-11(17)8-10(14)9-18-16(19)15-12-4-2-3-5-13(12)15/h6-8,12-13,15H,2-5,9,17H2,1H3,(H,18,19). The van der Waals surface area contributed by atoms with E-state index in [1.165, 1.54) is 25.7 Å². The molecule has 0 bridgehead atoms. The van der Waals surface area contributed by atoms with Gasteiger partial charge in [0.1, 0.15) is 5.75 Å². The number of fused-ring (bicyclic) bond motifs is 1. The molecular formula is C16H22N2O2. The van der Waals surface area contributed by atoms with Gasteiger partial charge in [-0.25, -0.2) is 0 Å². The average molecular weight is 274 g/mol. The Kier molecular flexibility index (Phi) is 3.55. The predicted octanol–water partition coefficient (Wildman–Crippen LogP) is 2.33. The summed E-state index contributed by atoms with van der Waals surface area (Å²) in [6.45, 7) is 0.489. The fourth-order valence-corrected chi connectivity index (χ4v) is 3.62. The number of methoxy groups -OCH3 is 1. The average Bonchev–Trinajstić information content (AvgIpc) is 3.19. The minimum absolute atomic E-state index is 0.200. The lowest BCUT2D eigenvalue weighted by atomic mass is 10.0. The second-order valence-corrected chi connectivity index (χ2v) is 5.93. The fourth-order valence-electron chi connectivity index (χ4n) is 3.62. The summed E-state index contributed by atoms with van der Waals surface area (Å²) in [5.74, 6) is 2.52. The van der Waals surface area contributed by atoms with Gasteiger partial charge in [-0.05, 0) is 42.9 Å². The van der Waals surface area contributed by atoms with Crippen LogP contribution in [0.4, 0.5) is 5.69 Å². The Bertz CT molecular complexity index is 503. The Hall–Kier alpha value is -1.71. The monoisotopic (exact) mass is 274 g/mol. The highest BCUT2D eigenvalue weighted by Crippen LogP contribution is 2.55. The second kappa shape index (κ2) is 5.35. The maximum absolute atomic E-state index is 12.2. The van der Waals surface area contributed by atoms with E-state index in [9.17, 15) is 4.79 Å². The largest absolute Gasteiger partial charge is 0.496 e. The number of nitrogens with two attached hydrogens (primary N) is 1. The highest BCUT2D eigenvalue weighted by Gasteiger charge is 2.54. The molecule has 20 heavy (non-hydrogen) atoms. The normalized spacial score (nSPS) is 27.6. The van der Waals surface area contributed by atoms with Crippen molar-refractivity contribution in [2.75, 3.05) is 12.8 Å². The highest BCUT2D eigenvalue weighted by molar-refractivity contribution is 5.82. The van der Waals surface area contributed by atoms with Crippen LogP contribution in [0, 0.1) is 17.8 Å². The zero-order valence-electron chi connectivity index (χ0n) is 11.9. The molecule has 1 aromatic rings. The summed E-state index contributed by atoms with van der Waals surface area (Å²) in [4.78, 5) is 12.2. The first kappa shape index (κ1) is 13.3. The van der Waals surface area contributed by atoms with E-state index in [4.69, 9.17) is 10.5 Å². The molecule has 2 aliphatic carbocycles. The van der Waals surface area contributed by atoms with Crippen LogP contribution in [0.5, 0.6) is 5.75 Å². The molecule has 2 atom stereocenters. The Morgan fingerprint density at radius 2 is 2.05 bits per heavy atom. The van der Waals surface area contributed by atoms with Crippen molar-refractivity contribution in [3.63, 3.8) is 0 Å². The number of hydrogen-bond donors (Lipinski definition) is 2. The molecule has 1 amide bonds. The Morgan fingerprint density at radius 3 is 2.70 bits per heavy atom. The van der Waals surface area contributed by atoms with Gasteiger partial charge in [0.05, 0.1) is 7.11 Å². The van der Waals surface area contributed by atoms with Gasteiger partial charge in [-0.2, -0.15) is 0 Å². The number of benzene rings is 1. The van der Waals surface area contributed by atoms with Crippen LogP contribution in [-0.2, 0) is 11.3 Å². The molecule has 4 nitrogen and oxygen atoms in total. The van der Waals surface area contributed by atoms with E-state index in [1.54, 1.807) is 13.2 Å². The first-order valence-corrected chi connectivity index (χ1v) is 7.41. The topological polar surface area (TPSA) is 64.3 Å². The lowest BCUT2D eigenvalue weighted by molar-refractivity contribution is -0.123. The molecule has 2 unspecified atom stereocenters. The minimum atomic E-state index is 0.200. The third kappa shape index (κ3) is 2.47. The zero-order chi connectivity index (χ0) is 14.1. The van der Waals surface area contributed by atoms with Crippen LogP contribution in [0.2, 0.25) is 0 Å². The number of carbonyl (C=O) groups excluding carboxylic acids is 1. The number of carbonyl (C=O) groups is 1. The van der Waals surface area contributed by atoms with E-state index in [0.29, 0.717) is 24.1 Å². The second-order valence-electron chi connectivity index (χ2n) is 5.93. The van der Waals surface area contributed by atoms with Gasteiger partial charge in [0.2, 0.25) is 5.91 Å². The quantitative estimate of drug-likeness (QED) is 0.828. The molecule has 2 fully saturated rings. The number of anilines is 1. The van der Waals surface area contributed by atoms with Gasteiger partial charge >= 0.3 is 0 Å². The molecule has 2 saturated carbocycles. The van der Waals surface area contributed by atoms with E-state index in [-0.39, 0.29) is 11.8 Å². The third-order valence-corrected chi connectivity index (χ3v) is 4.72. The van der Waals surface area contributed by atoms with Gasteiger partial charge in [-0.1, -0.05) is 12.8 Å². The van der Waals surface area contributed by atoms with Crippen molar-refractivity contribution in [2.45, 2.75) is 32.2 Å². The lowest BCUT2D eigenvalue weighted by Crippen LogP contribution is -2.25. The Labute approximate surface area is 119 Å². The van der Waals surface area contributed by atoms with Crippen LogP contribution in [0.25, 0.3) is 0 Å². The molecule has 1 aromatic carbocycles. The summed E-state index contributed by atoms with van der Waals surface area (Å²) in [7, 11) is 1.63. The molecule has 0 heterocycles. The number of ether oxygens (including phenoxy) is 1. The van der Waals surface area contributed by atoms with Crippen molar-refractivity contribution >= 4 is 11.6 Å². The maximum atomic E-state index is 12.2. The van der Waals surface area contributed by atoms with Crippen molar-refractivity contribution in [3.8, 4) is 5.75 Å². The summed E-state index contributed by atoms with van der Waals surface area (Å²) < 4.78 is 5.30. The van der Waals surface area contributed by atoms with Gasteiger partial charge in [0.25, 0.3) is 0 Å². The van der Waals surface area contributed by atoms with Crippen LogP contribution < -0.4 is 15.8 Å². The molecule has 108 valence electrons. The summed E-state index contributed by atoms with van der Waals surface area (Å²) in [6, 6.07) is 5.51. The zero-order valence-corrected chi connectivity index (χ0v) is 11.9. The first-order chi connectivity index (χ1) is 9.70. The van der Waals surface area contributed by atoms with Gasteiger partial charge < -0.3 is 15.8 Å². The van der Waals surface area contributed by atoms with Crippen LogP contribution >= 0.6 is 0 Å². The SMILES string of the molecule is COc1ccc(N)cc1CNC(=O)C1C2CCCCC21. The molecule has 0 saturated heterocycles. The van der Waals surface area contributed by atoms with Crippen molar-refractivity contribution in [1.82, 2.24) is 5.32 Å².